The second kappa shape index (κ2) is 8.19. The molecule has 0 unspecified atom stereocenters. The van der Waals surface area contributed by atoms with Gasteiger partial charge in [-0.2, -0.15) is 0 Å². The monoisotopic (exact) mass is 414 g/mol. The molecule has 0 N–H and O–H groups in total. The van der Waals surface area contributed by atoms with E-state index in [9.17, 15) is 4.79 Å². The molecular weight excluding hydrogens is 400 g/mol. The standard InChI is InChI=1S/C23H15ClN4O2/c1-25-22-19(8-9-21(27-22)30-2)16-12-20(15-5-3-6-17(24)11-15)23(29)28(14-16)18-7-4-10-26-13-18/h3-14H,2H3. The second-order valence-corrected chi connectivity index (χ2v) is 6.81. The molecule has 0 saturated heterocycles. The van der Waals surface area contributed by atoms with Crippen LogP contribution in [0, 0.1) is 6.57 Å². The number of benzene rings is 1. The predicted molar refractivity (Wildman–Crippen MR) is 116 cm³/mol. The van der Waals surface area contributed by atoms with Crippen LogP contribution >= 0.6 is 11.6 Å². The van der Waals surface area contributed by atoms with E-state index < -0.39 is 0 Å². The average Bonchev–Trinajstić information content (AvgIpc) is 2.79. The van der Waals surface area contributed by atoms with Crippen molar-refractivity contribution in [1.82, 2.24) is 14.5 Å². The molecule has 7 heteroatoms. The van der Waals surface area contributed by atoms with Crippen molar-refractivity contribution >= 4 is 17.4 Å². The summed E-state index contributed by atoms with van der Waals surface area (Å²) in [6, 6.07) is 15.8. The fraction of sp³-hybridized carbons (Fsp3) is 0.0435. The van der Waals surface area contributed by atoms with E-state index in [2.05, 4.69) is 14.8 Å². The largest absolute Gasteiger partial charge is 0.464 e. The van der Waals surface area contributed by atoms with Crippen molar-refractivity contribution in [2.45, 2.75) is 0 Å². The summed E-state index contributed by atoms with van der Waals surface area (Å²) in [5.74, 6) is 0.531. The van der Waals surface area contributed by atoms with Gasteiger partial charge in [-0.3, -0.25) is 14.3 Å². The number of hydrogen-bond donors (Lipinski definition) is 0. The lowest BCUT2D eigenvalue weighted by Gasteiger charge is -2.13. The lowest BCUT2D eigenvalue weighted by atomic mass is 10.0. The predicted octanol–water partition coefficient (Wildman–Crippen LogP) is 5.17. The average molecular weight is 415 g/mol. The minimum absolute atomic E-state index is 0.183. The topological polar surface area (TPSA) is 61.4 Å². The van der Waals surface area contributed by atoms with Crippen LogP contribution in [0.2, 0.25) is 5.02 Å². The minimum atomic E-state index is -0.222. The third kappa shape index (κ3) is 3.66. The molecule has 0 spiro atoms. The first-order valence-electron chi connectivity index (χ1n) is 8.96. The molecule has 0 aliphatic carbocycles. The lowest BCUT2D eigenvalue weighted by molar-refractivity contribution is 0.399. The highest BCUT2D eigenvalue weighted by molar-refractivity contribution is 6.30. The lowest BCUT2D eigenvalue weighted by Crippen LogP contribution is -2.20. The van der Waals surface area contributed by atoms with E-state index in [0.717, 1.165) is 0 Å². The van der Waals surface area contributed by atoms with Gasteiger partial charge in [-0.15, -0.1) is 0 Å². The summed E-state index contributed by atoms with van der Waals surface area (Å²) in [4.78, 5) is 25.2. The van der Waals surface area contributed by atoms with Gasteiger partial charge >= 0.3 is 5.88 Å². The first kappa shape index (κ1) is 19.4. The van der Waals surface area contributed by atoms with Gasteiger partial charge in [-0.05, 0) is 41.5 Å². The third-order valence-corrected chi connectivity index (χ3v) is 4.79. The van der Waals surface area contributed by atoms with Gasteiger partial charge in [0.1, 0.15) is 0 Å². The fourth-order valence-electron chi connectivity index (χ4n) is 3.14. The van der Waals surface area contributed by atoms with Crippen LogP contribution in [0.25, 0.3) is 32.8 Å². The SMILES string of the molecule is [C-]#[N+]c1nc(OC)ccc1-c1cc(-c2cccc(Cl)c2)c(=O)n(-c2cccnc2)c1. The van der Waals surface area contributed by atoms with E-state index in [0.29, 0.717) is 38.8 Å². The Morgan fingerprint density at radius 3 is 2.63 bits per heavy atom. The van der Waals surface area contributed by atoms with Crippen LogP contribution in [0.1, 0.15) is 0 Å². The van der Waals surface area contributed by atoms with Crippen LogP contribution in [0.5, 0.6) is 5.88 Å². The molecule has 3 heterocycles. The van der Waals surface area contributed by atoms with Crippen molar-refractivity contribution in [3.8, 4) is 33.8 Å². The van der Waals surface area contributed by atoms with Gasteiger partial charge in [0.15, 0.2) is 0 Å². The number of halogens is 1. The molecule has 6 nitrogen and oxygen atoms in total. The summed E-state index contributed by atoms with van der Waals surface area (Å²) in [6.45, 7) is 7.52. The Morgan fingerprint density at radius 1 is 1.07 bits per heavy atom. The fourth-order valence-corrected chi connectivity index (χ4v) is 3.33. The number of ether oxygens (including phenoxy) is 1. The van der Waals surface area contributed by atoms with Crippen LogP contribution in [0.3, 0.4) is 0 Å². The zero-order chi connectivity index (χ0) is 21.1. The maximum Gasteiger partial charge on any atom is 0.308 e. The smallest absolute Gasteiger partial charge is 0.308 e. The first-order chi connectivity index (χ1) is 14.6. The van der Waals surface area contributed by atoms with Gasteiger partial charge in [0, 0.05) is 34.6 Å². The van der Waals surface area contributed by atoms with E-state index >= 15 is 0 Å². The Morgan fingerprint density at radius 2 is 1.93 bits per heavy atom. The highest BCUT2D eigenvalue weighted by Crippen LogP contribution is 2.33. The number of methoxy groups -OCH3 is 1. The molecule has 1 aromatic carbocycles. The van der Waals surface area contributed by atoms with Crippen molar-refractivity contribution < 1.29 is 4.74 Å². The van der Waals surface area contributed by atoms with Gasteiger partial charge < -0.3 is 9.58 Å². The van der Waals surface area contributed by atoms with Gasteiger partial charge in [0.2, 0.25) is 0 Å². The highest BCUT2D eigenvalue weighted by atomic mass is 35.5. The molecule has 0 bridgehead atoms. The molecule has 0 saturated carbocycles. The maximum atomic E-state index is 13.3. The number of rotatable bonds is 4. The van der Waals surface area contributed by atoms with Gasteiger partial charge in [0.05, 0.1) is 19.0 Å². The molecule has 0 aliphatic rings. The molecule has 146 valence electrons. The number of nitrogens with zero attached hydrogens (tertiary/aromatic N) is 4. The molecule has 4 aromatic rings. The Balaban J connectivity index is 2.02. The van der Waals surface area contributed by atoms with Gasteiger partial charge in [-0.1, -0.05) is 41.4 Å². The van der Waals surface area contributed by atoms with E-state index in [1.54, 1.807) is 67.1 Å². The third-order valence-electron chi connectivity index (χ3n) is 4.55. The van der Waals surface area contributed by atoms with Crippen molar-refractivity contribution in [2.75, 3.05) is 7.11 Å². The van der Waals surface area contributed by atoms with Crippen molar-refractivity contribution in [2.24, 2.45) is 0 Å². The summed E-state index contributed by atoms with van der Waals surface area (Å²) in [5, 5.41) is 0.526. The number of pyridine rings is 3. The second-order valence-electron chi connectivity index (χ2n) is 6.38. The normalized spacial score (nSPS) is 10.4. The van der Waals surface area contributed by atoms with Crippen molar-refractivity contribution in [3.63, 3.8) is 0 Å². The zero-order valence-electron chi connectivity index (χ0n) is 15.9. The molecular formula is C23H15ClN4O2. The molecule has 3 aromatic heterocycles. The summed E-state index contributed by atoms with van der Waals surface area (Å²) in [6.07, 6.45) is 4.93. The zero-order valence-corrected chi connectivity index (χ0v) is 16.7. The Hall–Kier alpha value is -3.95. The Labute approximate surface area is 177 Å². The van der Waals surface area contributed by atoms with Crippen LogP contribution in [-0.2, 0) is 0 Å². The minimum Gasteiger partial charge on any atom is -0.464 e. The Kier molecular flexibility index (Phi) is 5.29. The summed E-state index contributed by atoms with van der Waals surface area (Å²) in [5.41, 5.74) is 2.77. The number of hydrogen-bond acceptors (Lipinski definition) is 4. The van der Waals surface area contributed by atoms with Crippen molar-refractivity contribution in [3.05, 3.63) is 100.0 Å². The van der Waals surface area contributed by atoms with Crippen LogP contribution < -0.4 is 10.3 Å². The quantitative estimate of drug-likeness (QED) is 0.432. The summed E-state index contributed by atoms with van der Waals surface area (Å²) in [7, 11) is 1.50. The van der Waals surface area contributed by atoms with E-state index in [1.165, 1.54) is 11.7 Å². The first-order valence-corrected chi connectivity index (χ1v) is 9.34. The van der Waals surface area contributed by atoms with Gasteiger partial charge in [0.25, 0.3) is 11.4 Å². The van der Waals surface area contributed by atoms with E-state index in [4.69, 9.17) is 22.9 Å². The van der Waals surface area contributed by atoms with Gasteiger partial charge in [-0.25, -0.2) is 0 Å². The van der Waals surface area contributed by atoms with Crippen LogP contribution in [0.4, 0.5) is 5.82 Å². The summed E-state index contributed by atoms with van der Waals surface area (Å²) >= 11 is 6.16. The maximum absolute atomic E-state index is 13.3. The highest BCUT2D eigenvalue weighted by Gasteiger charge is 2.16. The van der Waals surface area contributed by atoms with E-state index in [1.807, 2.05) is 6.07 Å². The van der Waals surface area contributed by atoms with Crippen LogP contribution in [-0.4, -0.2) is 21.6 Å². The molecule has 0 fully saturated rings. The van der Waals surface area contributed by atoms with E-state index in [-0.39, 0.29) is 11.4 Å². The molecule has 30 heavy (non-hydrogen) atoms. The molecule has 0 atom stereocenters. The molecule has 0 amide bonds. The molecule has 4 rings (SSSR count). The summed E-state index contributed by atoms with van der Waals surface area (Å²) < 4.78 is 6.64. The van der Waals surface area contributed by atoms with Crippen LogP contribution in [0.15, 0.2) is 78.0 Å². The Bertz CT molecular complexity index is 1330. The van der Waals surface area contributed by atoms with Crippen molar-refractivity contribution in [1.29, 1.82) is 0 Å². The number of aromatic nitrogens is 3. The molecule has 0 radical (unpaired) electrons. The molecule has 0 aliphatic heterocycles.